The molecule has 6 heteroatoms. The average Bonchev–Trinajstić information content (AvgIpc) is 3.08. The maximum Gasteiger partial charge on any atom is 0.187 e. The van der Waals surface area contributed by atoms with Crippen LogP contribution >= 0.6 is 11.8 Å². The van der Waals surface area contributed by atoms with Gasteiger partial charge in [-0.15, -0.1) is 5.10 Å². The number of aromatic nitrogens is 5. The Kier molecular flexibility index (Phi) is 3.96. The highest BCUT2D eigenvalue weighted by Gasteiger charge is 2.16. The molecule has 0 bridgehead atoms. The summed E-state index contributed by atoms with van der Waals surface area (Å²) in [6.45, 7) is 2.16. The minimum absolute atomic E-state index is 0.270. The van der Waals surface area contributed by atoms with Crippen molar-refractivity contribution in [1.82, 2.24) is 25.0 Å². The minimum atomic E-state index is 0.270. The second-order valence-electron chi connectivity index (χ2n) is 5.36. The lowest BCUT2D eigenvalue weighted by atomic mass is 10.2. The normalized spacial score (nSPS) is 12.4. The van der Waals surface area contributed by atoms with Crippen molar-refractivity contribution in [3.63, 3.8) is 0 Å². The van der Waals surface area contributed by atoms with Gasteiger partial charge in [0.1, 0.15) is 11.4 Å². The second kappa shape index (κ2) is 6.41. The molecule has 0 saturated heterocycles. The molecule has 0 spiro atoms. The van der Waals surface area contributed by atoms with Crippen LogP contribution in [0, 0.1) is 0 Å². The standard InChI is InChI=1S/C18H15N5S/c1-13(14-8-4-2-5-9-14)24-18-16-17(19-12-20-18)23(22-21-16)15-10-6-3-7-11-15/h2-13H,1H3/t13-/m0/s1. The molecule has 0 unspecified atom stereocenters. The van der Waals surface area contributed by atoms with Crippen LogP contribution in [0.4, 0.5) is 0 Å². The number of fused-ring (bicyclic) bond motifs is 1. The van der Waals surface area contributed by atoms with Gasteiger partial charge in [0.15, 0.2) is 11.2 Å². The quantitative estimate of drug-likeness (QED) is 0.416. The van der Waals surface area contributed by atoms with Gasteiger partial charge in [0.05, 0.1) is 5.69 Å². The van der Waals surface area contributed by atoms with Gasteiger partial charge < -0.3 is 0 Å². The van der Waals surface area contributed by atoms with Crippen molar-refractivity contribution in [2.75, 3.05) is 0 Å². The molecule has 0 aliphatic carbocycles. The molecule has 2 heterocycles. The largest absolute Gasteiger partial charge is 0.227 e. The fourth-order valence-corrected chi connectivity index (χ4v) is 3.50. The van der Waals surface area contributed by atoms with Crippen molar-refractivity contribution in [3.05, 3.63) is 72.6 Å². The van der Waals surface area contributed by atoms with Gasteiger partial charge in [0.25, 0.3) is 0 Å². The van der Waals surface area contributed by atoms with E-state index in [1.165, 1.54) is 5.56 Å². The highest BCUT2D eigenvalue weighted by Crippen LogP contribution is 2.36. The zero-order valence-electron chi connectivity index (χ0n) is 13.1. The number of rotatable bonds is 4. The Bertz CT molecular complexity index is 953. The van der Waals surface area contributed by atoms with Gasteiger partial charge in [-0.05, 0) is 24.6 Å². The van der Waals surface area contributed by atoms with Crippen LogP contribution in [-0.4, -0.2) is 25.0 Å². The van der Waals surface area contributed by atoms with Gasteiger partial charge in [-0.2, -0.15) is 4.68 Å². The molecule has 0 amide bonds. The first-order chi connectivity index (χ1) is 11.8. The summed E-state index contributed by atoms with van der Waals surface area (Å²) in [5.41, 5.74) is 3.64. The number of nitrogens with zero attached hydrogens (tertiary/aromatic N) is 5. The van der Waals surface area contributed by atoms with Crippen LogP contribution < -0.4 is 0 Å². The molecule has 2 aromatic carbocycles. The summed E-state index contributed by atoms with van der Waals surface area (Å²) in [6, 6.07) is 20.2. The van der Waals surface area contributed by atoms with Crippen LogP contribution in [0.2, 0.25) is 0 Å². The lowest BCUT2D eigenvalue weighted by Gasteiger charge is -2.10. The molecule has 4 aromatic rings. The molecule has 5 nitrogen and oxygen atoms in total. The zero-order chi connectivity index (χ0) is 16.4. The molecular weight excluding hydrogens is 318 g/mol. The molecule has 0 N–H and O–H groups in total. The molecule has 0 saturated carbocycles. The molecule has 118 valence electrons. The van der Waals surface area contributed by atoms with Crippen LogP contribution in [0.15, 0.2) is 72.0 Å². The van der Waals surface area contributed by atoms with Gasteiger partial charge in [-0.3, -0.25) is 0 Å². The number of thioether (sulfide) groups is 1. The lowest BCUT2D eigenvalue weighted by Crippen LogP contribution is -1.98. The first kappa shape index (κ1) is 14.8. The van der Waals surface area contributed by atoms with E-state index in [9.17, 15) is 0 Å². The van der Waals surface area contributed by atoms with E-state index in [4.69, 9.17) is 0 Å². The van der Waals surface area contributed by atoms with Gasteiger partial charge in [-0.1, -0.05) is 65.5 Å². The Hall–Kier alpha value is -2.73. The molecule has 2 aromatic heterocycles. The smallest absolute Gasteiger partial charge is 0.187 e. The van der Waals surface area contributed by atoms with E-state index in [1.54, 1.807) is 22.8 Å². The third kappa shape index (κ3) is 2.76. The zero-order valence-corrected chi connectivity index (χ0v) is 13.9. The molecule has 1 atom stereocenters. The van der Waals surface area contributed by atoms with Crippen molar-refractivity contribution < 1.29 is 0 Å². The van der Waals surface area contributed by atoms with E-state index >= 15 is 0 Å². The fourth-order valence-electron chi connectivity index (χ4n) is 2.52. The number of hydrogen-bond acceptors (Lipinski definition) is 5. The highest BCUT2D eigenvalue weighted by atomic mass is 32.2. The topological polar surface area (TPSA) is 56.5 Å². The fraction of sp³-hybridized carbons (Fsp3) is 0.111. The predicted molar refractivity (Wildman–Crippen MR) is 95.2 cm³/mol. The van der Waals surface area contributed by atoms with Crippen molar-refractivity contribution in [3.8, 4) is 5.69 Å². The van der Waals surface area contributed by atoms with Crippen molar-refractivity contribution in [2.45, 2.75) is 17.2 Å². The van der Waals surface area contributed by atoms with E-state index in [1.807, 2.05) is 48.5 Å². The van der Waals surface area contributed by atoms with Crippen molar-refractivity contribution in [2.24, 2.45) is 0 Å². The monoisotopic (exact) mass is 333 g/mol. The molecule has 0 fully saturated rings. The van der Waals surface area contributed by atoms with Crippen molar-refractivity contribution in [1.29, 1.82) is 0 Å². The summed E-state index contributed by atoms with van der Waals surface area (Å²) >= 11 is 1.67. The Morgan fingerprint density at radius 2 is 1.62 bits per heavy atom. The third-order valence-electron chi connectivity index (χ3n) is 3.76. The van der Waals surface area contributed by atoms with Crippen molar-refractivity contribution >= 4 is 22.9 Å². The molecular formula is C18H15N5S. The number of para-hydroxylation sites is 1. The van der Waals surface area contributed by atoms with Crippen LogP contribution in [0.3, 0.4) is 0 Å². The Balaban J connectivity index is 1.71. The first-order valence-corrected chi connectivity index (χ1v) is 8.54. The van der Waals surface area contributed by atoms with Crippen LogP contribution in [0.25, 0.3) is 16.9 Å². The van der Waals surface area contributed by atoms with E-state index in [2.05, 4.69) is 39.3 Å². The molecule has 0 aliphatic heterocycles. The summed E-state index contributed by atoms with van der Waals surface area (Å²) in [7, 11) is 0. The maximum atomic E-state index is 4.42. The number of benzene rings is 2. The molecule has 4 rings (SSSR count). The molecule has 0 radical (unpaired) electrons. The number of hydrogen-bond donors (Lipinski definition) is 0. The average molecular weight is 333 g/mol. The lowest BCUT2D eigenvalue weighted by molar-refractivity contribution is 0.817. The van der Waals surface area contributed by atoms with Crippen LogP contribution in [0.1, 0.15) is 17.7 Å². The summed E-state index contributed by atoms with van der Waals surface area (Å²) in [5.74, 6) is 0. The van der Waals surface area contributed by atoms with Gasteiger partial charge in [0.2, 0.25) is 0 Å². The Morgan fingerprint density at radius 1 is 0.917 bits per heavy atom. The van der Waals surface area contributed by atoms with Gasteiger partial charge in [-0.25, -0.2) is 9.97 Å². The predicted octanol–water partition coefficient (Wildman–Crippen LogP) is 4.06. The van der Waals surface area contributed by atoms with E-state index in [0.717, 1.165) is 21.9 Å². The summed E-state index contributed by atoms with van der Waals surface area (Å²) in [5, 5.41) is 9.68. The van der Waals surface area contributed by atoms with E-state index in [-0.39, 0.29) is 5.25 Å². The van der Waals surface area contributed by atoms with Gasteiger partial charge in [0, 0.05) is 5.25 Å². The van der Waals surface area contributed by atoms with Crippen LogP contribution in [0.5, 0.6) is 0 Å². The van der Waals surface area contributed by atoms with E-state index in [0.29, 0.717) is 0 Å². The first-order valence-electron chi connectivity index (χ1n) is 7.66. The van der Waals surface area contributed by atoms with Crippen LogP contribution in [-0.2, 0) is 0 Å². The summed E-state index contributed by atoms with van der Waals surface area (Å²) in [4.78, 5) is 8.79. The SMILES string of the molecule is C[C@H](Sc1ncnc2c1nnn2-c1ccccc1)c1ccccc1. The highest BCUT2D eigenvalue weighted by molar-refractivity contribution is 7.99. The maximum absolute atomic E-state index is 4.42. The molecule has 24 heavy (non-hydrogen) atoms. The summed E-state index contributed by atoms with van der Waals surface area (Å²) < 4.78 is 1.74. The van der Waals surface area contributed by atoms with E-state index < -0.39 is 0 Å². The Labute approximate surface area is 143 Å². The Morgan fingerprint density at radius 3 is 2.38 bits per heavy atom. The van der Waals surface area contributed by atoms with Gasteiger partial charge >= 0.3 is 0 Å². The minimum Gasteiger partial charge on any atom is -0.227 e. The third-order valence-corrected chi connectivity index (χ3v) is 4.91. The second-order valence-corrected chi connectivity index (χ2v) is 6.69. The summed E-state index contributed by atoms with van der Waals surface area (Å²) in [6.07, 6.45) is 1.57. The molecule has 0 aliphatic rings.